The van der Waals surface area contributed by atoms with Gasteiger partial charge in [0.2, 0.25) is 11.8 Å². The van der Waals surface area contributed by atoms with Crippen molar-refractivity contribution in [1.82, 2.24) is 4.90 Å². The first-order chi connectivity index (χ1) is 9.38. The molecule has 0 aliphatic heterocycles. The third-order valence-corrected chi connectivity index (χ3v) is 2.25. The fourth-order valence-corrected chi connectivity index (χ4v) is 1.45. The lowest BCUT2D eigenvalue weighted by Crippen LogP contribution is -2.40. The lowest BCUT2D eigenvalue weighted by atomic mass is 10.2. The maximum atomic E-state index is 12.9. The fourth-order valence-electron chi connectivity index (χ4n) is 1.45. The van der Waals surface area contributed by atoms with Crippen molar-refractivity contribution in [3.05, 3.63) is 41.7 Å². The van der Waals surface area contributed by atoms with E-state index in [9.17, 15) is 18.8 Å². The lowest BCUT2D eigenvalue weighted by molar-refractivity contribution is -0.143. The lowest BCUT2D eigenvalue weighted by Gasteiger charge is -2.16. The number of carbonyl (C=O) groups is 3. The molecule has 1 aromatic carbocycles. The number of hydrogen-bond donors (Lipinski definition) is 2. The van der Waals surface area contributed by atoms with Crippen molar-refractivity contribution in [3.8, 4) is 0 Å². The molecule has 0 radical (unpaired) electrons. The molecule has 106 valence electrons. The highest BCUT2D eigenvalue weighted by Gasteiger charge is 2.16. The van der Waals surface area contributed by atoms with E-state index in [2.05, 4.69) is 0 Å². The minimum atomic E-state index is -1.27. The molecule has 0 saturated carbocycles. The molecule has 0 saturated heterocycles. The van der Waals surface area contributed by atoms with Gasteiger partial charge in [0.15, 0.2) is 0 Å². The van der Waals surface area contributed by atoms with E-state index in [0.29, 0.717) is 5.56 Å². The number of nitrogens with two attached hydrogens (primary N) is 1. The van der Waals surface area contributed by atoms with Crippen molar-refractivity contribution in [1.29, 1.82) is 0 Å². The highest BCUT2D eigenvalue weighted by Crippen LogP contribution is 2.06. The van der Waals surface area contributed by atoms with E-state index in [1.807, 2.05) is 0 Å². The average Bonchev–Trinajstić information content (AvgIpc) is 2.34. The zero-order chi connectivity index (χ0) is 15.1. The standard InChI is InChI=1S/C13H13FN2O4/c14-10-3-1-2-9(6-10)4-5-12(18)16(7-11(15)17)8-13(19)20/h1-6H,7-8H2,(H2,15,17)(H,19,20)/b5-4+. The molecule has 0 aliphatic rings. The van der Waals surface area contributed by atoms with E-state index < -0.39 is 36.7 Å². The molecule has 1 aromatic rings. The maximum Gasteiger partial charge on any atom is 0.323 e. The summed E-state index contributed by atoms with van der Waals surface area (Å²) in [6.07, 6.45) is 2.38. The number of benzene rings is 1. The Kier molecular flexibility index (Phi) is 5.40. The van der Waals surface area contributed by atoms with Crippen LogP contribution in [-0.2, 0) is 14.4 Å². The van der Waals surface area contributed by atoms with Crippen LogP contribution in [-0.4, -0.2) is 40.9 Å². The van der Waals surface area contributed by atoms with E-state index in [4.69, 9.17) is 10.8 Å². The summed E-state index contributed by atoms with van der Waals surface area (Å²) in [5.41, 5.74) is 5.37. The molecule has 0 bridgehead atoms. The largest absolute Gasteiger partial charge is 0.480 e. The van der Waals surface area contributed by atoms with E-state index in [-0.39, 0.29) is 0 Å². The predicted octanol–water partition coefficient (Wildman–Crippen LogP) is 0.237. The first kappa shape index (κ1) is 15.4. The number of carboxylic acids is 1. The van der Waals surface area contributed by atoms with Crippen molar-refractivity contribution in [2.45, 2.75) is 0 Å². The molecular formula is C13H13FN2O4. The molecule has 0 atom stereocenters. The van der Waals surface area contributed by atoms with Gasteiger partial charge in [-0.05, 0) is 23.8 Å². The summed E-state index contributed by atoms with van der Waals surface area (Å²) in [4.78, 5) is 33.9. The minimum Gasteiger partial charge on any atom is -0.480 e. The monoisotopic (exact) mass is 280 g/mol. The number of carboxylic acid groups (broad SMARTS) is 1. The first-order valence-electron chi connectivity index (χ1n) is 5.61. The van der Waals surface area contributed by atoms with E-state index in [0.717, 1.165) is 11.0 Å². The van der Waals surface area contributed by atoms with Gasteiger partial charge >= 0.3 is 5.97 Å². The second kappa shape index (κ2) is 7.03. The second-order valence-electron chi connectivity index (χ2n) is 3.94. The molecule has 1 rings (SSSR count). The fraction of sp³-hybridized carbons (Fsp3) is 0.154. The summed E-state index contributed by atoms with van der Waals surface area (Å²) in [5, 5.41) is 8.65. The highest BCUT2D eigenvalue weighted by molar-refractivity contribution is 5.95. The molecule has 7 heteroatoms. The van der Waals surface area contributed by atoms with Crippen molar-refractivity contribution in [3.63, 3.8) is 0 Å². The van der Waals surface area contributed by atoms with Gasteiger partial charge in [-0.25, -0.2) is 4.39 Å². The summed E-state index contributed by atoms with van der Waals surface area (Å²) >= 11 is 0. The van der Waals surface area contributed by atoms with Crippen LogP contribution in [0.2, 0.25) is 0 Å². The Hall–Kier alpha value is -2.70. The Morgan fingerprint density at radius 3 is 2.55 bits per heavy atom. The summed E-state index contributed by atoms with van der Waals surface area (Å²) in [6, 6.07) is 5.50. The van der Waals surface area contributed by atoms with Gasteiger partial charge in [-0.3, -0.25) is 14.4 Å². The molecule has 0 aliphatic carbocycles. The van der Waals surface area contributed by atoms with Gasteiger partial charge < -0.3 is 15.7 Å². The van der Waals surface area contributed by atoms with Gasteiger partial charge in [-0.15, -0.1) is 0 Å². The van der Waals surface area contributed by atoms with Crippen LogP contribution in [0.3, 0.4) is 0 Å². The average molecular weight is 280 g/mol. The number of primary amides is 1. The molecule has 0 spiro atoms. The van der Waals surface area contributed by atoms with Gasteiger partial charge in [-0.2, -0.15) is 0 Å². The van der Waals surface area contributed by atoms with Crippen molar-refractivity contribution in [2.75, 3.05) is 13.1 Å². The third-order valence-electron chi connectivity index (χ3n) is 2.25. The number of hydrogen-bond acceptors (Lipinski definition) is 3. The van der Waals surface area contributed by atoms with Crippen molar-refractivity contribution < 1.29 is 23.9 Å². The molecule has 0 fully saturated rings. The number of amides is 2. The second-order valence-corrected chi connectivity index (χ2v) is 3.94. The van der Waals surface area contributed by atoms with Gasteiger partial charge in [0.25, 0.3) is 0 Å². The van der Waals surface area contributed by atoms with Gasteiger partial charge in [-0.1, -0.05) is 12.1 Å². The topological polar surface area (TPSA) is 101 Å². The van der Waals surface area contributed by atoms with Crippen LogP contribution in [0.1, 0.15) is 5.56 Å². The quantitative estimate of drug-likeness (QED) is 0.729. The van der Waals surface area contributed by atoms with Crippen LogP contribution < -0.4 is 5.73 Å². The van der Waals surface area contributed by atoms with Crippen LogP contribution >= 0.6 is 0 Å². The SMILES string of the molecule is NC(=O)CN(CC(=O)O)C(=O)/C=C/c1cccc(F)c1. The molecular weight excluding hydrogens is 267 g/mol. The van der Waals surface area contributed by atoms with Crippen LogP contribution in [0, 0.1) is 5.82 Å². The Bertz CT molecular complexity index is 541. The molecule has 3 N–H and O–H groups in total. The van der Waals surface area contributed by atoms with Crippen molar-refractivity contribution in [2.24, 2.45) is 5.73 Å². The van der Waals surface area contributed by atoms with E-state index in [1.54, 1.807) is 6.07 Å². The molecule has 0 aromatic heterocycles. The Balaban J connectivity index is 2.79. The van der Waals surface area contributed by atoms with Crippen LogP contribution in [0.4, 0.5) is 4.39 Å². The summed E-state index contributed by atoms with van der Waals surface area (Å²) < 4.78 is 12.9. The van der Waals surface area contributed by atoms with Crippen LogP contribution in [0.15, 0.2) is 30.3 Å². The molecule has 0 unspecified atom stereocenters. The summed E-state index contributed by atoms with van der Waals surface area (Å²) in [7, 11) is 0. The summed E-state index contributed by atoms with van der Waals surface area (Å²) in [6.45, 7) is -1.14. The minimum absolute atomic E-state index is 0.438. The first-order valence-corrected chi connectivity index (χ1v) is 5.61. The van der Waals surface area contributed by atoms with Crippen molar-refractivity contribution >= 4 is 23.9 Å². The maximum absolute atomic E-state index is 12.9. The number of rotatable bonds is 6. The third kappa shape index (κ3) is 5.30. The van der Waals surface area contributed by atoms with Gasteiger partial charge in [0.1, 0.15) is 18.9 Å². The molecule has 6 nitrogen and oxygen atoms in total. The smallest absolute Gasteiger partial charge is 0.323 e. The Morgan fingerprint density at radius 2 is 2.00 bits per heavy atom. The van der Waals surface area contributed by atoms with E-state index in [1.165, 1.54) is 24.3 Å². The van der Waals surface area contributed by atoms with Gasteiger partial charge in [0, 0.05) is 6.08 Å². The Morgan fingerprint density at radius 1 is 1.30 bits per heavy atom. The normalized spacial score (nSPS) is 10.4. The molecule has 0 heterocycles. The number of nitrogens with zero attached hydrogens (tertiary/aromatic N) is 1. The number of halogens is 1. The zero-order valence-corrected chi connectivity index (χ0v) is 10.5. The zero-order valence-electron chi connectivity index (χ0n) is 10.5. The predicted molar refractivity (Wildman–Crippen MR) is 68.8 cm³/mol. The van der Waals surface area contributed by atoms with Crippen LogP contribution in [0.25, 0.3) is 6.08 Å². The molecule has 2 amide bonds. The van der Waals surface area contributed by atoms with Gasteiger partial charge in [0.05, 0.1) is 0 Å². The van der Waals surface area contributed by atoms with E-state index >= 15 is 0 Å². The molecule has 20 heavy (non-hydrogen) atoms. The number of aliphatic carboxylic acids is 1. The highest BCUT2D eigenvalue weighted by atomic mass is 19.1. The number of carbonyl (C=O) groups excluding carboxylic acids is 2. The van der Waals surface area contributed by atoms with Crippen LogP contribution in [0.5, 0.6) is 0 Å². The Labute approximate surface area is 114 Å². The summed E-state index contributed by atoms with van der Waals surface area (Å²) in [5.74, 6) is -3.24.